The lowest BCUT2D eigenvalue weighted by atomic mass is 10.2. The summed E-state index contributed by atoms with van der Waals surface area (Å²) in [6, 6.07) is 4.51. The van der Waals surface area contributed by atoms with Crippen LogP contribution in [0.2, 0.25) is 0 Å². The maximum Gasteiger partial charge on any atom is 0.317 e. The SMILES string of the molecule is Cc1nccn1-c1ccc(CNC(=O)N(CC(C)O)C(C)C)cc1F. The van der Waals surface area contributed by atoms with E-state index in [-0.39, 0.29) is 31.0 Å². The van der Waals surface area contributed by atoms with Gasteiger partial charge in [0.25, 0.3) is 0 Å². The highest BCUT2D eigenvalue weighted by molar-refractivity contribution is 5.74. The molecule has 6 nitrogen and oxygen atoms in total. The minimum atomic E-state index is -0.608. The van der Waals surface area contributed by atoms with E-state index in [1.54, 1.807) is 47.8 Å². The molecule has 136 valence electrons. The molecule has 0 fully saturated rings. The molecular weight excluding hydrogens is 323 g/mol. The second-order valence-corrected chi connectivity index (χ2v) is 6.38. The molecule has 7 heteroatoms. The van der Waals surface area contributed by atoms with E-state index >= 15 is 0 Å². The Bertz CT molecular complexity index is 728. The molecule has 25 heavy (non-hydrogen) atoms. The number of halogens is 1. The van der Waals surface area contributed by atoms with Crippen LogP contribution in [-0.2, 0) is 6.54 Å². The van der Waals surface area contributed by atoms with Gasteiger partial charge in [0.1, 0.15) is 11.6 Å². The predicted molar refractivity (Wildman–Crippen MR) is 94.0 cm³/mol. The summed E-state index contributed by atoms with van der Waals surface area (Å²) in [5.74, 6) is 0.322. The Morgan fingerprint density at radius 1 is 1.40 bits per heavy atom. The van der Waals surface area contributed by atoms with Gasteiger partial charge in [0.15, 0.2) is 0 Å². The first-order valence-corrected chi connectivity index (χ1v) is 8.31. The predicted octanol–water partition coefficient (Wildman–Crippen LogP) is 2.62. The fourth-order valence-electron chi connectivity index (χ4n) is 2.58. The summed E-state index contributed by atoms with van der Waals surface area (Å²) < 4.78 is 16.0. The largest absolute Gasteiger partial charge is 0.392 e. The Hall–Kier alpha value is -2.41. The van der Waals surface area contributed by atoms with Gasteiger partial charge in [0, 0.05) is 31.5 Å². The monoisotopic (exact) mass is 348 g/mol. The van der Waals surface area contributed by atoms with Crippen LogP contribution < -0.4 is 5.32 Å². The molecule has 2 aromatic rings. The summed E-state index contributed by atoms with van der Waals surface area (Å²) in [4.78, 5) is 17.9. The number of carbonyl (C=O) groups is 1. The van der Waals surface area contributed by atoms with E-state index in [4.69, 9.17) is 0 Å². The van der Waals surface area contributed by atoms with E-state index < -0.39 is 6.10 Å². The lowest BCUT2D eigenvalue weighted by molar-refractivity contribution is 0.118. The van der Waals surface area contributed by atoms with E-state index in [1.165, 1.54) is 6.07 Å². The minimum Gasteiger partial charge on any atom is -0.392 e. The van der Waals surface area contributed by atoms with Crippen LogP contribution in [0, 0.1) is 12.7 Å². The first-order valence-electron chi connectivity index (χ1n) is 8.31. The number of urea groups is 1. The molecule has 1 atom stereocenters. The summed E-state index contributed by atoms with van der Waals surface area (Å²) in [6.45, 7) is 7.65. The van der Waals surface area contributed by atoms with Crippen molar-refractivity contribution in [3.8, 4) is 5.69 Å². The maximum atomic E-state index is 14.4. The van der Waals surface area contributed by atoms with Crippen molar-refractivity contribution >= 4 is 6.03 Å². The van der Waals surface area contributed by atoms with Gasteiger partial charge < -0.3 is 19.9 Å². The lowest BCUT2D eigenvalue weighted by Gasteiger charge is -2.28. The number of amides is 2. The fraction of sp³-hybridized carbons (Fsp3) is 0.444. The van der Waals surface area contributed by atoms with Crippen molar-refractivity contribution < 1.29 is 14.3 Å². The van der Waals surface area contributed by atoms with E-state index in [1.807, 2.05) is 13.8 Å². The van der Waals surface area contributed by atoms with E-state index in [0.717, 1.165) is 0 Å². The molecular formula is C18H25FN4O2. The van der Waals surface area contributed by atoms with Crippen molar-refractivity contribution in [2.75, 3.05) is 6.54 Å². The van der Waals surface area contributed by atoms with Crippen molar-refractivity contribution in [2.45, 2.75) is 46.4 Å². The van der Waals surface area contributed by atoms with Gasteiger partial charge in [-0.25, -0.2) is 14.2 Å². The Labute approximate surface area is 147 Å². The number of aromatic nitrogens is 2. The third-order valence-electron chi connectivity index (χ3n) is 3.89. The molecule has 1 aromatic carbocycles. The molecule has 0 bridgehead atoms. The van der Waals surface area contributed by atoms with Gasteiger partial charge in [-0.05, 0) is 45.4 Å². The zero-order valence-corrected chi connectivity index (χ0v) is 15.0. The molecule has 0 spiro atoms. The van der Waals surface area contributed by atoms with Crippen LogP contribution in [0.15, 0.2) is 30.6 Å². The molecule has 0 aliphatic heterocycles. The quantitative estimate of drug-likeness (QED) is 0.843. The van der Waals surface area contributed by atoms with Crippen LogP contribution in [0.5, 0.6) is 0 Å². The standard InChI is InChI=1S/C18H25FN4O2/c1-12(2)23(11-13(3)24)18(25)21-10-15-5-6-17(16(19)9-15)22-8-7-20-14(22)4/h5-9,12-13,24H,10-11H2,1-4H3,(H,21,25). The fourth-order valence-corrected chi connectivity index (χ4v) is 2.58. The molecule has 0 aliphatic carbocycles. The highest BCUT2D eigenvalue weighted by atomic mass is 19.1. The Morgan fingerprint density at radius 2 is 2.12 bits per heavy atom. The Balaban J connectivity index is 2.05. The number of nitrogens with one attached hydrogen (secondary N) is 1. The number of aliphatic hydroxyl groups excluding tert-OH is 1. The second-order valence-electron chi connectivity index (χ2n) is 6.38. The van der Waals surface area contributed by atoms with Crippen molar-refractivity contribution in [1.82, 2.24) is 19.8 Å². The van der Waals surface area contributed by atoms with Gasteiger partial charge in [-0.1, -0.05) is 6.07 Å². The van der Waals surface area contributed by atoms with Crippen LogP contribution in [0.1, 0.15) is 32.2 Å². The summed E-state index contributed by atoms with van der Waals surface area (Å²) in [6.07, 6.45) is 2.71. The first-order chi connectivity index (χ1) is 11.8. The number of imidazole rings is 1. The molecule has 1 aromatic heterocycles. The third kappa shape index (κ3) is 4.79. The number of aliphatic hydroxyl groups is 1. The Kier molecular flexibility index (Phi) is 6.14. The van der Waals surface area contributed by atoms with Crippen molar-refractivity contribution in [3.05, 3.63) is 47.8 Å². The highest BCUT2D eigenvalue weighted by Crippen LogP contribution is 2.17. The van der Waals surface area contributed by atoms with E-state index in [0.29, 0.717) is 17.1 Å². The van der Waals surface area contributed by atoms with Gasteiger partial charge in [0.05, 0.1) is 11.8 Å². The average molecular weight is 348 g/mol. The highest BCUT2D eigenvalue weighted by Gasteiger charge is 2.18. The summed E-state index contributed by atoms with van der Waals surface area (Å²) in [5, 5.41) is 12.3. The summed E-state index contributed by atoms with van der Waals surface area (Å²) in [7, 11) is 0. The molecule has 0 saturated heterocycles. The molecule has 1 heterocycles. The van der Waals surface area contributed by atoms with Gasteiger partial charge >= 0.3 is 6.03 Å². The van der Waals surface area contributed by atoms with E-state index in [9.17, 15) is 14.3 Å². The second kappa shape index (κ2) is 8.11. The molecule has 2 N–H and O–H groups in total. The summed E-state index contributed by atoms with van der Waals surface area (Å²) >= 11 is 0. The van der Waals surface area contributed by atoms with Gasteiger partial charge in [-0.15, -0.1) is 0 Å². The smallest absolute Gasteiger partial charge is 0.317 e. The van der Waals surface area contributed by atoms with Crippen LogP contribution in [0.25, 0.3) is 5.69 Å². The normalized spacial score (nSPS) is 12.3. The molecule has 0 aliphatic rings. The third-order valence-corrected chi connectivity index (χ3v) is 3.89. The van der Waals surface area contributed by atoms with Gasteiger partial charge in [-0.3, -0.25) is 0 Å². The van der Waals surface area contributed by atoms with Gasteiger partial charge in [-0.2, -0.15) is 0 Å². The van der Waals surface area contributed by atoms with Crippen molar-refractivity contribution in [3.63, 3.8) is 0 Å². The van der Waals surface area contributed by atoms with Gasteiger partial charge in [0.2, 0.25) is 0 Å². The zero-order valence-electron chi connectivity index (χ0n) is 15.0. The number of aryl methyl sites for hydroxylation is 1. The summed E-state index contributed by atoms with van der Waals surface area (Å²) in [5.41, 5.74) is 1.08. The number of benzene rings is 1. The number of hydrogen-bond donors (Lipinski definition) is 2. The number of rotatable bonds is 6. The maximum absolute atomic E-state index is 14.4. The average Bonchev–Trinajstić information content (AvgIpc) is 2.96. The molecule has 0 saturated carbocycles. The van der Waals surface area contributed by atoms with Crippen molar-refractivity contribution in [1.29, 1.82) is 0 Å². The topological polar surface area (TPSA) is 70.4 Å². The molecule has 2 rings (SSSR count). The Morgan fingerprint density at radius 3 is 2.64 bits per heavy atom. The van der Waals surface area contributed by atoms with Crippen LogP contribution >= 0.6 is 0 Å². The zero-order chi connectivity index (χ0) is 18.6. The first kappa shape index (κ1) is 18.9. The van der Waals surface area contributed by atoms with Crippen LogP contribution in [0.4, 0.5) is 9.18 Å². The minimum absolute atomic E-state index is 0.0436. The number of hydrogen-bond acceptors (Lipinski definition) is 3. The number of nitrogens with zero attached hydrogens (tertiary/aromatic N) is 3. The molecule has 0 radical (unpaired) electrons. The lowest BCUT2D eigenvalue weighted by Crippen LogP contribution is -2.46. The number of carbonyl (C=O) groups excluding carboxylic acids is 1. The van der Waals surface area contributed by atoms with E-state index in [2.05, 4.69) is 10.3 Å². The van der Waals surface area contributed by atoms with Crippen molar-refractivity contribution in [2.24, 2.45) is 0 Å². The molecule has 1 unspecified atom stereocenters. The van der Waals surface area contributed by atoms with Crippen LogP contribution in [0.3, 0.4) is 0 Å². The van der Waals surface area contributed by atoms with Crippen LogP contribution in [-0.4, -0.2) is 44.3 Å². The molecule has 2 amide bonds.